The maximum Gasteiger partial charge on any atom is 0.244 e. The molecule has 1 N–H and O–H groups in total. The fraction of sp³-hybridized carbons (Fsp3) is 0.500. The fourth-order valence-corrected chi connectivity index (χ4v) is 3.76. The minimum atomic E-state index is -1.10. The van der Waals surface area contributed by atoms with E-state index in [2.05, 4.69) is 5.32 Å². The number of likely N-dealkylation sites (tertiary alicyclic amines) is 1. The van der Waals surface area contributed by atoms with E-state index in [1.54, 1.807) is 6.92 Å². The Hall–Kier alpha value is -2.97. The highest BCUT2D eigenvalue weighted by Crippen LogP contribution is 2.25. The van der Waals surface area contributed by atoms with Crippen molar-refractivity contribution >= 4 is 29.4 Å². The van der Waals surface area contributed by atoms with Gasteiger partial charge in [0.05, 0.1) is 5.92 Å². The van der Waals surface area contributed by atoms with Gasteiger partial charge in [0.1, 0.15) is 11.9 Å². The number of rotatable bonds is 5. The number of carboxylic acid groups (broad SMARTS) is 1. The molecule has 3 rings (SSSR count). The SMILES string of the molecule is C[C@H](NC(=O)[C@H]1CC(=O)N(c2ccc(F)cc2)C1)C(=O)N1CCC(C(=O)[O-])CC1. The van der Waals surface area contributed by atoms with Crippen molar-refractivity contribution in [2.24, 2.45) is 11.8 Å². The minimum Gasteiger partial charge on any atom is -0.550 e. The molecule has 0 aromatic heterocycles. The van der Waals surface area contributed by atoms with Crippen LogP contribution in [0.25, 0.3) is 0 Å². The molecule has 2 heterocycles. The Kier molecular flexibility index (Phi) is 6.14. The molecule has 9 heteroatoms. The van der Waals surface area contributed by atoms with Crippen LogP contribution in [0.5, 0.6) is 0 Å². The van der Waals surface area contributed by atoms with Crippen LogP contribution in [0.1, 0.15) is 26.2 Å². The predicted octanol–water partition coefficient (Wildman–Crippen LogP) is -0.328. The molecular weight excluding hydrogens is 381 g/mol. The van der Waals surface area contributed by atoms with Gasteiger partial charge in [0.25, 0.3) is 0 Å². The number of carbonyl (C=O) groups excluding carboxylic acids is 4. The van der Waals surface area contributed by atoms with Crippen molar-refractivity contribution < 1.29 is 28.7 Å². The van der Waals surface area contributed by atoms with Gasteiger partial charge in [-0.3, -0.25) is 14.4 Å². The molecule has 2 fully saturated rings. The smallest absolute Gasteiger partial charge is 0.244 e. The molecular formula is C20H23FN3O5-. The summed E-state index contributed by atoms with van der Waals surface area (Å²) < 4.78 is 13.1. The molecule has 8 nitrogen and oxygen atoms in total. The third-order valence-corrected chi connectivity index (χ3v) is 5.50. The number of nitrogens with one attached hydrogen (secondary N) is 1. The van der Waals surface area contributed by atoms with Gasteiger partial charge in [0.15, 0.2) is 0 Å². The summed E-state index contributed by atoms with van der Waals surface area (Å²) in [4.78, 5) is 51.2. The number of nitrogens with zero attached hydrogens (tertiary/aromatic N) is 2. The van der Waals surface area contributed by atoms with Crippen molar-refractivity contribution in [3.05, 3.63) is 30.1 Å². The highest BCUT2D eigenvalue weighted by atomic mass is 19.1. The van der Waals surface area contributed by atoms with Gasteiger partial charge in [-0.15, -0.1) is 0 Å². The normalized spacial score (nSPS) is 21.2. The highest BCUT2D eigenvalue weighted by molar-refractivity contribution is 6.01. The quantitative estimate of drug-likeness (QED) is 0.723. The number of hydrogen-bond donors (Lipinski definition) is 1. The Bertz CT molecular complexity index is 805. The maximum atomic E-state index is 13.1. The van der Waals surface area contributed by atoms with Crippen LogP contribution in [0.15, 0.2) is 24.3 Å². The van der Waals surface area contributed by atoms with E-state index in [0.29, 0.717) is 31.6 Å². The Morgan fingerprint density at radius 3 is 2.34 bits per heavy atom. The van der Waals surface area contributed by atoms with Gasteiger partial charge < -0.3 is 25.0 Å². The van der Waals surface area contributed by atoms with Gasteiger partial charge in [0.2, 0.25) is 17.7 Å². The monoisotopic (exact) mass is 404 g/mol. The largest absolute Gasteiger partial charge is 0.550 e. The molecule has 2 aliphatic rings. The van der Waals surface area contributed by atoms with Gasteiger partial charge in [-0.05, 0) is 44.0 Å². The molecule has 0 aliphatic carbocycles. The summed E-state index contributed by atoms with van der Waals surface area (Å²) in [6.07, 6.45) is 0.679. The fourth-order valence-electron chi connectivity index (χ4n) is 3.76. The summed E-state index contributed by atoms with van der Waals surface area (Å²) in [5.41, 5.74) is 0.520. The molecule has 156 valence electrons. The van der Waals surface area contributed by atoms with Gasteiger partial charge in [-0.1, -0.05) is 0 Å². The van der Waals surface area contributed by atoms with E-state index in [1.165, 1.54) is 34.1 Å². The number of halogens is 1. The summed E-state index contributed by atoms with van der Waals surface area (Å²) in [5, 5.41) is 13.6. The molecule has 0 unspecified atom stereocenters. The van der Waals surface area contributed by atoms with Crippen molar-refractivity contribution in [3.63, 3.8) is 0 Å². The number of amides is 3. The molecule has 29 heavy (non-hydrogen) atoms. The lowest BCUT2D eigenvalue weighted by Gasteiger charge is -2.34. The number of aliphatic carboxylic acids is 1. The average molecular weight is 404 g/mol. The first-order valence-corrected chi connectivity index (χ1v) is 9.62. The van der Waals surface area contributed by atoms with Crippen LogP contribution in [0.3, 0.4) is 0 Å². The van der Waals surface area contributed by atoms with E-state index < -0.39 is 35.6 Å². The van der Waals surface area contributed by atoms with Crippen molar-refractivity contribution in [2.75, 3.05) is 24.5 Å². The lowest BCUT2D eigenvalue weighted by Crippen LogP contribution is -2.51. The molecule has 2 aliphatic heterocycles. The van der Waals surface area contributed by atoms with E-state index in [0.717, 1.165) is 0 Å². The molecule has 2 atom stereocenters. The van der Waals surface area contributed by atoms with Crippen LogP contribution in [-0.2, 0) is 19.2 Å². The molecule has 0 saturated carbocycles. The molecule has 1 aromatic rings. The van der Waals surface area contributed by atoms with E-state index in [-0.39, 0.29) is 24.8 Å². The molecule has 2 saturated heterocycles. The van der Waals surface area contributed by atoms with E-state index >= 15 is 0 Å². The second-order valence-electron chi connectivity index (χ2n) is 7.53. The molecule has 1 aromatic carbocycles. The highest BCUT2D eigenvalue weighted by Gasteiger charge is 2.36. The molecule has 0 radical (unpaired) electrons. The summed E-state index contributed by atoms with van der Waals surface area (Å²) in [6, 6.07) is 4.68. The Labute approximate surface area is 167 Å². The number of hydrogen-bond acceptors (Lipinski definition) is 5. The third kappa shape index (κ3) is 4.72. The summed E-state index contributed by atoms with van der Waals surface area (Å²) in [5.74, 6) is -3.58. The average Bonchev–Trinajstić information content (AvgIpc) is 3.10. The Morgan fingerprint density at radius 1 is 1.14 bits per heavy atom. The van der Waals surface area contributed by atoms with Crippen molar-refractivity contribution in [1.82, 2.24) is 10.2 Å². The maximum absolute atomic E-state index is 13.1. The number of piperidine rings is 1. The van der Waals surface area contributed by atoms with Crippen LogP contribution in [0.2, 0.25) is 0 Å². The predicted molar refractivity (Wildman–Crippen MR) is 98.8 cm³/mol. The second-order valence-corrected chi connectivity index (χ2v) is 7.53. The third-order valence-electron chi connectivity index (χ3n) is 5.50. The lowest BCUT2D eigenvalue weighted by molar-refractivity contribution is -0.312. The second kappa shape index (κ2) is 8.59. The van der Waals surface area contributed by atoms with Crippen LogP contribution in [-0.4, -0.2) is 54.3 Å². The Morgan fingerprint density at radius 2 is 1.76 bits per heavy atom. The summed E-state index contributed by atoms with van der Waals surface area (Å²) in [6.45, 7) is 2.34. The molecule has 3 amide bonds. The topological polar surface area (TPSA) is 110 Å². The van der Waals surface area contributed by atoms with Gasteiger partial charge in [-0.25, -0.2) is 4.39 Å². The first-order valence-electron chi connectivity index (χ1n) is 9.62. The van der Waals surface area contributed by atoms with E-state index in [9.17, 15) is 28.7 Å². The van der Waals surface area contributed by atoms with Crippen LogP contribution in [0, 0.1) is 17.7 Å². The number of carboxylic acids is 1. The standard InChI is InChI=1S/C20H24FN3O5/c1-12(19(27)23-8-6-13(7-9-23)20(28)29)22-18(26)14-10-17(25)24(11-14)16-4-2-15(21)3-5-16/h2-5,12-14H,6-11H2,1H3,(H,22,26)(H,28,29)/p-1/t12-,14-/m0/s1. The zero-order chi connectivity index (χ0) is 21.1. The van der Waals surface area contributed by atoms with Crippen molar-refractivity contribution in [3.8, 4) is 0 Å². The number of benzene rings is 1. The van der Waals surface area contributed by atoms with Crippen LogP contribution in [0.4, 0.5) is 10.1 Å². The molecule has 0 spiro atoms. The Balaban J connectivity index is 1.53. The summed E-state index contributed by atoms with van der Waals surface area (Å²) >= 11 is 0. The lowest BCUT2D eigenvalue weighted by atomic mass is 9.96. The van der Waals surface area contributed by atoms with Gasteiger partial charge in [0, 0.05) is 43.6 Å². The van der Waals surface area contributed by atoms with Gasteiger partial charge in [-0.2, -0.15) is 0 Å². The summed E-state index contributed by atoms with van der Waals surface area (Å²) in [7, 11) is 0. The first kappa shape index (κ1) is 20.8. The van der Waals surface area contributed by atoms with E-state index in [1.807, 2.05) is 0 Å². The molecule has 0 bridgehead atoms. The van der Waals surface area contributed by atoms with Crippen molar-refractivity contribution in [2.45, 2.75) is 32.2 Å². The zero-order valence-electron chi connectivity index (χ0n) is 16.1. The van der Waals surface area contributed by atoms with Gasteiger partial charge >= 0.3 is 0 Å². The first-order chi connectivity index (χ1) is 13.8. The number of anilines is 1. The van der Waals surface area contributed by atoms with Crippen LogP contribution < -0.4 is 15.3 Å². The van der Waals surface area contributed by atoms with Crippen molar-refractivity contribution in [1.29, 1.82) is 0 Å². The minimum absolute atomic E-state index is 0.0150. The van der Waals surface area contributed by atoms with Crippen LogP contribution >= 0.6 is 0 Å². The zero-order valence-corrected chi connectivity index (χ0v) is 16.1. The number of carbonyl (C=O) groups is 4. The van der Waals surface area contributed by atoms with E-state index in [4.69, 9.17) is 0 Å².